The summed E-state index contributed by atoms with van der Waals surface area (Å²) in [6.45, 7) is 4.18. The summed E-state index contributed by atoms with van der Waals surface area (Å²) in [5.41, 5.74) is 1.06. The average Bonchev–Trinajstić information content (AvgIpc) is 2.81. The van der Waals surface area contributed by atoms with Gasteiger partial charge in [0.25, 0.3) is 0 Å². The van der Waals surface area contributed by atoms with Crippen LogP contribution in [0, 0.1) is 0 Å². The van der Waals surface area contributed by atoms with Crippen LogP contribution in [0.2, 0.25) is 0 Å². The second kappa shape index (κ2) is 6.41. The number of hydrogen-bond donors (Lipinski definition) is 2. The summed E-state index contributed by atoms with van der Waals surface area (Å²) in [4.78, 5) is 22.6. The Morgan fingerprint density at radius 2 is 2.10 bits per heavy atom. The maximum absolute atomic E-state index is 11.7. The molecule has 0 aliphatic heterocycles. The third-order valence-corrected chi connectivity index (χ3v) is 2.79. The van der Waals surface area contributed by atoms with Gasteiger partial charge in [-0.3, -0.25) is 4.79 Å². The molecule has 1 aromatic heterocycles. The number of furan rings is 1. The molecule has 0 radical (unpaired) electrons. The molecule has 0 saturated heterocycles. The van der Waals surface area contributed by atoms with Gasteiger partial charge in [-0.2, -0.15) is 0 Å². The monoisotopic (exact) mass is 291 g/mol. The Morgan fingerprint density at radius 1 is 1.33 bits per heavy atom. The normalized spacial score (nSPS) is 11.0. The van der Waals surface area contributed by atoms with Crippen LogP contribution < -0.4 is 5.32 Å². The summed E-state index contributed by atoms with van der Waals surface area (Å²) in [5.74, 6) is -1.40. The van der Waals surface area contributed by atoms with E-state index in [4.69, 9.17) is 14.3 Å². The summed E-state index contributed by atoms with van der Waals surface area (Å²) in [7, 11) is 0. The van der Waals surface area contributed by atoms with Crippen LogP contribution in [0.5, 0.6) is 0 Å². The molecule has 0 bridgehead atoms. The van der Waals surface area contributed by atoms with Crippen molar-refractivity contribution < 1.29 is 23.8 Å². The van der Waals surface area contributed by atoms with E-state index in [1.54, 1.807) is 18.2 Å². The Kier molecular flexibility index (Phi) is 4.59. The molecule has 6 nitrogen and oxygen atoms in total. The van der Waals surface area contributed by atoms with Crippen molar-refractivity contribution in [2.45, 2.75) is 26.4 Å². The second-order valence-electron chi connectivity index (χ2n) is 4.89. The van der Waals surface area contributed by atoms with Crippen molar-refractivity contribution in [1.29, 1.82) is 0 Å². The molecule has 2 rings (SSSR count). The topological polar surface area (TPSA) is 88.8 Å². The van der Waals surface area contributed by atoms with Crippen molar-refractivity contribution in [1.82, 2.24) is 0 Å². The van der Waals surface area contributed by atoms with Gasteiger partial charge in [-0.05, 0) is 38.1 Å². The van der Waals surface area contributed by atoms with Crippen LogP contribution in [0.3, 0.4) is 0 Å². The fourth-order valence-corrected chi connectivity index (χ4v) is 1.84. The Labute approximate surface area is 121 Å². The van der Waals surface area contributed by atoms with Gasteiger partial charge in [-0.15, -0.1) is 0 Å². The van der Waals surface area contributed by atoms with Gasteiger partial charge in [-0.1, -0.05) is 0 Å². The Morgan fingerprint density at radius 3 is 2.76 bits per heavy atom. The number of rotatable bonds is 6. The number of benzene rings is 1. The van der Waals surface area contributed by atoms with Gasteiger partial charge in [0, 0.05) is 11.1 Å². The highest BCUT2D eigenvalue weighted by molar-refractivity contribution is 5.95. The van der Waals surface area contributed by atoms with Crippen molar-refractivity contribution in [2.24, 2.45) is 0 Å². The molecule has 0 saturated carbocycles. The number of ether oxygens (including phenoxy) is 1. The quantitative estimate of drug-likeness (QED) is 0.854. The summed E-state index contributed by atoms with van der Waals surface area (Å²) >= 11 is 0. The van der Waals surface area contributed by atoms with E-state index in [9.17, 15) is 9.59 Å². The van der Waals surface area contributed by atoms with Crippen molar-refractivity contribution in [3.63, 3.8) is 0 Å². The lowest BCUT2D eigenvalue weighted by Crippen LogP contribution is -2.15. The van der Waals surface area contributed by atoms with Crippen LogP contribution in [0.4, 0.5) is 5.69 Å². The second-order valence-corrected chi connectivity index (χ2v) is 4.89. The van der Waals surface area contributed by atoms with Crippen LogP contribution >= 0.6 is 0 Å². The minimum Gasteiger partial charge on any atom is -0.475 e. The standard InChI is InChI=1S/C15H17NO5/c1-9(2)20-6-5-14(17)16-11-3-4-12-10(7-11)8-13(21-12)15(18)19/h3-4,7-9H,5-6H2,1-2H3,(H,16,17)(H,18,19). The molecule has 0 aliphatic rings. The zero-order chi connectivity index (χ0) is 15.4. The third-order valence-electron chi connectivity index (χ3n) is 2.79. The van der Waals surface area contributed by atoms with Crippen molar-refractivity contribution in [2.75, 3.05) is 11.9 Å². The Hall–Kier alpha value is -2.34. The molecule has 6 heteroatoms. The zero-order valence-electron chi connectivity index (χ0n) is 11.9. The number of aromatic carboxylic acids is 1. The lowest BCUT2D eigenvalue weighted by Gasteiger charge is -2.08. The number of carboxylic acid groups (broad SMARTS) is 1. The van der Waals surface area contributed by atoms with Gasteiger partial charge < -0.3 is 19.6 Å². The minimum absolute atomic E-state index is 0.0921. The molecule has 1 aromatic carbocycles. The number of carboxylic acids is 1. The molecular formula is C15H17NO5. The van der Waals surface area contributed by atoms with Gasteiger partial charge in [0.05, 0.1) is 19.1 Å². The van der Waals surface area contributed by atoms with Gasteiger partial charge >= 0.3 is 5.97 Å². The third kappa shape index (κ3) is 4.06. The summed E-state index contributed by atoms with van der Waals surface area (Å²) in [6, 6.07) is 6.39. The smallest absolute Gasteiger partial charge is 0.371 e. The first-order valence-electron chi connectivity index (χ1n) is 6.64. The molecule has 0 aliphatic carbocycles. The van der Waals surface area contributed by atoms with E-state index in [1.165, 1.54) is 6.07 Å². The zero-order valence-corrected chi connectivity index (χ0v) is 11.9. The van der Waals surface area contributed by atoms with Crippen LogP contribution in [-0.4, -0.2) is 29.7 Å². The summed E-state index contributed by atoms with van der Waals surface area (Å²) in [6.07, 6.45) is 0.358. The van der Waals surface area contributed by atoms with E-state index in [0.29, 0.717) is 23.3 Å². The Balaban J connectivity index is 2.02. The van der Waals surface area contributed by atoms with Crippen LogP contribution in [0.15, 0.2) is 28.7 Å². The number of hydrogen-bond acceptors (Lipinski definition) is 4. The van der Waals surface area contributed by atoms with Crippen LogP contribution in [0.1, 0.15) is 30.8 Å². The molecule has 0 unspecified atom stereocenters. The SMILES string of the molecule is CC(C)OCCC(=O)Nc1ccc2oc(C(=O)O)cc2c1. The van der Waals surface area contributed by atoms with E-state index in [-0.39, 0.29) is 24.2 Å². The highest BCUT2D eigenvalue weighted by Gasteiger charge is 2.11. The number of amides is 1. The van der Waals surface area contributed by atoms with Gasteiger partial charge in [0.2, 0.25) is 11.7 Å². The van der Waals surface area contributed by atoms with Gasteiger partial charge in [-0.25, -0.2) is 4.79 Å². The molecule has 112 valence electrons. The molecule has 21 heavy (non-hydrogen) atoms. The van der Waals surface area contributed by atoms with E-state index in [1.807, 2.05) is 13.8 Å². The van der Waals surface area contributed by atoms with E-state index >= 15 is 0 Å². The number of carbonyl (C=O) groups excluding carboxylic acids is 1. The number of nitrogens with one attached hydrogen (secondary N) is 1. The molecule has 1 heterocycles. The van der Waals surface area contributed by atoms with Gasteiger partial charge in [0.1, 0.15) is 5.58 Å². The maximum Gasteiger partial charge on any atom is 0.371 e. The molecule has 0 fully saturated rings. The van der Waals surface area contributed by atoms with Gasteiger partial charge in [0.15, 0.2) is 0 Å². The molecule has 0 spiro atoms. The first-order chi connectivity index (χ1) is 9.95. The first-order valence-corrected chi connectivity index (χ1v) is 6.64. The first kappa shape index (κ1) is 15.1. The number of fused-ring (bicyclic) bond motifs is 1. The largest absolute Gasteiger partial charge is 0.475 e. The predicted octanol–water partition coefficient (Wildman–Crippen LogP) is 2.88. The van der Waals surface area contributed by atoms with E-state index in [2.05, 4.69) is 5.32 Å². The fraction of sp³-hybridized carbons (Fsp3) is 0.333. The molecular weight excluding hydrogens is 274 g/mol. The highest BCUT2D eigenvalue weighted by Crippen LogP contribution is 2.23. The number of anilines is 1. The lowest BCUT2D eigenvalue weighted by molar-refractivity contribution is -0.117. The van der Waals surface area contributed by atoms with Crippen LogP contribution in [0.25, 0.3) is 11.0 Å². The predicted molar refractivity (Wildman–Crippen MR) is 77.5 cm³/mol. The molecule has 2 N–H and O–H groups in total. The Bertz CT molecular complexity index is 659. The summed E-state index contributed by atoms with van der Waals surface area (Å²) < 4.78 is 10.5. The minimum atomic E-state index is -1.12. The maximum atomic E-state index is 11.7. The molecule has 0 atom stereocenters. The van der Waals surface area contributed by atoms with E-state index < -0.39 is 5.97 Å². The van der Waals surface area contributed by atoms with E-state index in [0.717, 1.165) is 0 Å². The van der Waals surface area contributed by atoms with Crippen LogP contribution in [-0.2, 0) is 9.53 Å². The molecule has 2 aromatic rings. The summed E-state index contributed by atoms with van der Waals surface area (Å²) in [5, 5.41) is 12.2. The highest BCUT2D eigenvalue weighted by atomic mass is 16.5. The van der Waals surface area contributed by atoms with Crippen molar-refractivity contribution in [3.05, 3.63) is 30.0 Å². The lowest BCUT2D eigenvalue weighted by atomic mass is 10.2. The average molecular weight is 291 g/mol. The number of carbonyl (C=O) groups is 2. The van der Waals surface area contributed by atoms with Crippen molar-refractivity contribution in [3.8, 4) is 0 Å². The van der Waals surface area contributed by atoms with Crippen molar-refractivity contribution >= 4 is 28.5 Å². The molecule has 1 amide bonds. The fourth-order valence-electron chi connectivity index (χ4n) is 1.84.